The van der Waals surface area contributed by atoms with Gasteiger partial charge in [-0.1, -0.05) is 58.1 Å². The maximum absolute atomic E-state index is 13.1. The fourth-order valence-electron chi connectivity index (χ4n) is 3.80. The van der Waals surface area contributed by atoms with Crippen LogP contribution in [0.4, 0.5) is 0 Å². The minimum absolute atomic E-state index is 0.202. The summed E-state index contributed by atoms with van der Waals surface area (Å²) >= 11 is 1.93. The highest BCUT2D eigenvalue weighted by atomic mass is 32.2. The quantitative estimate of drug-likeness (QED) is 0.240. The van der Waals surface area contributed by atoms with E-state index in [4.69, 9.17) is 4.74 Å². The number of carbonyl (C=O) groups excluding carboxylic acids is 1. The summed E-state index contributed by atoms with van der Waals surface area (Å²) in [5, 5.41) is 0. The molecule has 1 saturated heterocycles. The molecular formula is C24H39NO2S. The largest absolute Gasteiger partial charge is 0.379 e. The first kappa shape index (κ1) is 23.4. The summed E-state index contributed by atoms with van der Waals surface area (Å²) in [6.45, 7) is 11.7. The maximum Gasteiger partial charge on any atom is 0.182 e. The number of hydrogen-bond donors (Lipinski definition) is 0. The standard InChI is InChI=1S/C24H39NO2S/c1-5-7-8-9-10-20(6-2)19-28-22-13-11-21(12-14-22)23(26)24(3,4)25-15-17-27-18-16-25/h11-14,20H,5-10,15-19H2,1-4H3. The van der Waals surface area contributed by atoms with Crippen LogP contribution in [0.15, 0.2) is 29.2 Å². The highest BCUT2D eigenvalue weighted by Crippen LogP contribution is 2.27. The van der Waals surface area contributed by atoms with Crippen LogP contribution in [-0.2, 0) is 4.74 Å². The van der Waals surface area contributed by atoms with Crippen molar-refractivity contribution in [2.24, 2.45) is 5.92 Å². The zero-order valence-corrected chi connectivity index (χ0v) is 19.2. The Hall–Kier alpha value is -0.840. The molecule has 1 unspecified atom stereocenters. The molecule has 1 atom stereocenters. The molecule has 28 heavy (non-hydrogen) atoms. The zero-order chi connectivity index (χ0) is 20.4. The number of nitrogens with zero attached hydrogens (tertiary/aromatic N) is 1. The Morgan fingerprint density at radius 3 is 2.39 bits per heavy atom. The minimum Gasteiger partial charge on any atom is -0.379 e. The monoisotopic (exact) mass is 405 g/mol. The van der Waals surface area contributed by atoms with Crippen molar-refractivity contribution in [3.05, 3.63) is 29.8 Å². The lowest BCUT2D eigenvalue weighted by atomic mass is 9.91. The summed E-state index contributed by atoms with van der Waals surface area (Å²) in [5.41, 5.74) is 0.331. The Kier molecular flexibility index (Phi) is 10.0. The third-order valence-corrected chi connectivity index (χ3v) is 7.25. The predicted octanol–water partition coefficient (Wildman–Crippen LogP) is 6.07. The molecule has 1 heterocycles. The van der Waals surface area contributed by atoms with E-state index in [-0.39, 0.29) is 5.78 Å². The van der Waals surface area contributed by atoms with Crippen molar-refractivity contribution < 1.29 is 9.53 Å². The number of rotatable bonds is 12. The molecule has 158 valence electrons. The molecule has 1 fully saturated rings. The highest BCUT2D eigenvalue weighted by Gasteiger charge is 2.35. The second-order valence-electron chi connectivity index (χ2n) is 8.45. The summed E-state index contributed by atoms with van der Waals surface area (Å²) in [7, 11) is 0. The van der Waals surface area contributed by atoms with Gasteiger partial charge >= 0.3 is 0 Å². The number of benzene rings is 1. The van der Waals surface area contributed by atoms with Gasteiger partial charge in [-0.05, 0) is 38.3 Å². The molecule has 1 aromatic rings. The van der Waals surface area contributed by atoms with Crippen molar-refractivity contribution >= 4 is 17.5 Å². The molecule has 3 nitrogen and oxygen atoms in total. The van der Waals surface area contributed by atoms with Crippen LogP contribution in [0.5, 0.6) is 0 Å². The number of thioether (sulfide) groups is 1. The fraction of sp³-hybridized carbons (Fsp3) is 0.708. The van der Waals surface area contributed by atoms with Crippen molar-refractivity contribution in [3.8, 4) is 0 Å². The second kappa shape index (κ2) is 12.0. The smallest absolute Gasteiger partial charge is 0.182 e. The SMILES string of the molecule is CCCCCCC(CC)CSc1ccc(C(=O)C(C)(C)N2CCOCC2)cc1. The third kappa shape index (κ3) is 6.89. The molecule has 0 spiro atoms. The van der Waals surface area contributed by atoms with Gasteiger partial charge in [-0.3, -0.25) is 9.69 Å². The molecule has 0 aromatic heterocycles. The minimum atomic E-state index is -0.482. The Bertz CT molecular complexity index is 579. The lowest BCUT2D eigenvalue weighted by molar-refractivity contribution is -0.00430. The van der Waals surface area contributed by atoms with Crippen LogP contribution in [-0.4, -0.2) is 48.3 Å². The van der Waals surface area contributed by atoms with E-state index in [2.05, 4.69) is 30.9 Å². The molecule has 0 N–H and O–H groups in total. The van der Waals surface area contributed by atoms with Gasteiger partial charge in [-0.25, -0.2) is 0 Å². The lowest BCUT2D eigenvalue weighted by Crippen LogP contribution is -2.54. The summed E-state index contributed by atoms with van der Waals surface area (Å²) in [6.07, 6.45) is 7.99. The van der Waals surface area contributed by atoms with E-state index in [1.54, 1.807) is 0 Å². The number of unbranched alkanes of at least 4 members (excludes halogenated alkanes) is 3. The van der Waals surface area contributed by atoms with E-state index in [1.165, 1.54) is 49.2 Å². The van der Waals surface area contributed by atoms with E-state index < -0.39 is 5.54 Å². The number of ketones is 1. The van der Waals surface area contributed by atoms with Crippen molar-refractivity contribution in [1.29, 1.82) is 0 Å². The zero-order valence-electron chi connectivity index (χ0n) is 18.3. The molecule has 0 radical (unpaired) electrons. The first-order valence-corrected chi connectivity index (χ1v) is 12.1. The van der Waals surface area contributed by atoms with Crippen LogP contribution in [0.3, 0.4) is 0 Å². The molecule has 1 aliphatic rings. The van der Waals surface area contributed by atoms with Gasteiger partial charge in [0.2, 0.25) is 0 Å². The van der Waals surface area contributed by atoms with Crippen molar-refractivity contribution in [3.63, 3.8) is 0 Å². The number of morpholine rings is 1. The average Bonchev–Trinajstić information content (AvgIpc) is 2.73. The van der Waals surface area contributed by atoms with Gasteiger partial charge in [-0.15, -0.1) is 11.8 Å². The topological polar surface area (TPSA) is 29.5 Å². The van der Waals surface area contributed by atoms with Crippen LogP contribution in [0.2, 0.25) is 0 Å². The number of hydrogen-bond acceptors (Lipinski definition) is 4. The lowest BCUT2D eigenvalue weighted by Gasteiger charge is -2.39. The molecule has 0 saturated carbocycles. The summed E-state index contributed by atoms with van der Waals surface area (Å²) < 4.78 is 5.43. The maximum atomic E-state index is 13.1. The van der Waals surface area contributed by atoms with Gasteiger partial charge in [0.25, 0.3) is 0 Å². The fourth-order valence-corrected chi connectivity index (χ4v) is 4.96. The van der Waals surface area contributed by atoms with Crippen LogP contribution in [0.25, 0.3) is 0 Å². The van der Waals surface area contributed by atoms with Crippen LogP contribution in [0.1, 0.15) is 76.6 Å². The van der Waals surface area contributed by atoms with Crippen molar-refractivity contribution in [1.82, 2.24) is 4.90 Å². The molecule has 0 aliphatic carbocycles. The molecule has 2 rings (SSSR count). The Morgan fingerprint density at radius 2 is 1.79 bits per heavy atom. The van der Waals surface area contributed by atoms with E-state index in [0.717, 1.165) is 24.6 Å². The molecule has 1 aliphatic heterocycles. The molecule has 0 amide bonds. The first-order valence-electron chi connectivity index (χ1n) is 11.1. The second-order valence-corrected chi connectivity index (χ2v) is 9.54. The van der Waals surface area contributed by atoms with Gasteiger partial charge in [-0.2, -0.15) is 0 Å². The normalized spacial score (nSPS) is 16.9. The van der Waals surface area contributed by atoms with Gasteiger partial charge < -0.3 is 4.74 Å². The molecule has 0 bridgehead atoms. The van der Waals surface area contributed by atoms with Crippen molar-refractivity contribution in [2.75, 3.05) is 32.1 Å². The molecule has 1 aromatic carbocycles. The number of ether oxygens (including phenoxy) is 1. The van der Waals surface area contributed by atoms with E-state index in [0.29, 0.717) is 13.2 Å². The van der Waals surface area contributed by atoms with Gasteiger partial charge in [0.1, 0.15) is 0 Å². The van der Waals surface area contributed by atoms with Crippen molar-refractivity contribution in [2.45, 2.75) is 76.7 Å². The van der Waals surface area contributed by atoms with Crippen LogP contribution in [0, 0.1) is 5.92 Å². The van der Waals surface area contributed by atoms with Gasteiger partial charge in [0, 0.05) is 29.3 Å². The first-order chi connectivity index (χ1) is 13.5. The Balaban J connectivity index is 1.87. The van der Waals surface area contributed by atoms with Crippen LogP contribution >= 0.6 is 11.8 Å². The third-order valence-electron chi connectivity index (χ3n) is 6.00. The number of carbonyl (C=O) groups is 1. The van der Waals surface area contributed by atoms with Crippen LogP contribution < -0.4 is 0 Å². The Labute approximate surface area is 176 Å². The van der Waals surface area contributed by atoms with Gasteiger partial charge in [0.05, 0.1) is 18.8 Å². The number of Topliss-reactive ketones (excluding diaryl/α,β-unsaturated/α-hetero) is 1. The highest BCUT2D eigenvalue weighted by molar-refractivity contribution is 7.99. The Morgan fingerprint density at radius 1 is 1.11 bits per heavy atom. The predicted molar refractivity (Wildman–Crippen MR) is 121 cm³/mol. The van der Waals surface area contributed by atoms with Gasteiger partial charge in [0.15, 0.2) is 5.78 Å². The summed E-state index contributed by atoms with van der Waals surface area (Å²) in [5.74, 6) is 2.17. The van der Waals surface area contributed by atoms with E-state index in [1.807, 2.05) is 37.7 Å². The molecular weight excluding hydrogens is 366 g/mol. The molecule has 4 heteroatoms. The van der Waals surface area contributed by atoms with E-state index >= 15 is 0 Å². The summed E-state index contributed by atoms with van der Waals surface area (Å²) in [4.78, 5) is 16.6. The van der Waals surface area contributed by atoms with E-state index in [9.17, 15) is 4.79 Å². The average molecular weight is 406 g/mol. The summed E-state index contributed by atoms with van der Waals surface area (Å²) in [6, 6.07) is 8.26.